The number of hydrogen-bond acceptors (Lipinski definition) is 4. The molecule has 2 rings (SSSR count). The van der Waals surface area contributed by atoms with Crippen molar-refractivity contribution in [1.29, 1.82) is 0 Å². The van der Waals surface area contributed by atoms with E-state index in [4.69, 9.17) is 5.73 Å². The molecule has 0 fully saturated rings. The van der Waals surface area contributed by atoms with Crippen LogP contribution in [0.15, 0.2) is 34.8 Å². The third-order valence-electron chi connectivity index (χ3n) is 2.23. The van der Waals surface area contributed by atoms with Gasteiger partial charge in [0.2, 0.25) is 0 Å². The minimum absolute atomic E-state index is 0. The Morgan fingerprint density at radius 3 is 2.95 bits per heavy atom. The van der Waals surface area contributed by atoms with Crippen LogP contribution in [0.5, 0.6) is 0 Å². The van der Waals surface area contributed by atoms with Gasteiger partial charge in [-0.1, -0.05) is 13.0 Å². The van der Waals surface area contributed by atoms with Gasteiger partial charge in [-0.3, -0.25) is 0 Å². The van der Waals surface area contributed by atoms with Crippen molar-refractivity contribution in [2.45, 2.75) is 19.9 Å². The number of rotatable bonds is 4. The fourth-order valence-electron chi connectivity index (χ4n) is 1.36. The highest BCUT2D eigenvalue weighted by molar-refractivity contribution is 14.0. The molecule has 102 valence electrons. The van der Waals surface area contributed by atoms with Crippen molar-refractivity contribution < 1.29 is 0 Å². The highest BCUT2D eigenvalue weighted by Crippen LogP contribution is 2.10. The fourth-order valence-corrected chi connectivity index (χ4v) is 2.09. The van der Waals surface area contributed by atoms with Gasteiger partial charge >= 0.3 is 0 Å². The zero-order valence-corrected chi connectivity index (χ0v) is 13.7. The van der Waals surface area contributed by atoms with E-state index < -0.39 is 0 Å². The molecule has 0 atom stereocenters. The third kappa shape index (κ3) is 5.11. The summed E-state index contributed by atoms with van der Waals surface area (Å²) >= 11 is 1.65. The minimum atomic E-state index is 0. The molecule has 2 aromatic heterocycles. The number of nitrogens with two attached hydrogens (primary N) is 1. The topological polar surface area (TPSA) is 76.2 Å². The van der Waals surface area contributed by atoms with E-state index in [9.17, 15) is 0 Å². The Bertz CT molecular complexity index is 526. The first kappa shape index (κ1) is 15.8. The molecule has 0 aliphatic carbocycles. The summed E-state index contributed by atoms with van der Waals surface area (Å²) in [5.74, 6) is 1.03. The van der Waals surface area contributed by atoms with Gasteiger partial charge in [0.05, 0.1) is 17.2 Å². The fraction of sp³-hybridized carbons (Fsp3) is 0.250. The quantitative estimate of drug-likeness (QED) is 0.479. The molecule has 0 bridgehead atoms. The van der Waals surface area contributed by atoms with E-state index in [0.29, 0.717) is 18.3 Å². The summed E-state index contributed by atoms with van der Waals surface area (Å²) in [5.41, 5.74) is 6.71. The van der Waals surface area contributed by atoms with Crippen molar-refractivity contribution in [2.75, 3.05) is 5.32 Å². The molecule has 7 heteroatoms. The largest absolute Gasteiger partial charge is 0.370 e. The molecule has 3 N–H and O–H groups in total. The smallest absolute Gasteiger partial charge is 0.194 e. The monoisotopic (exact) mass is 389 g/mol. The molecule has 0 aliphatic heterocycles. The van der Waals surface area contributed by atoms with Crippen molar-refractivity contribution in [3.8, 4) is 0 Å². The zero-order valence-electron chi connectivity index (χ0n) is 10.5. The van der Waals surface area contributed by atoms with Crippen LogP contribution in [-0.4, -0.2) is 15.9 Å². The number of guanidine groups is 1. The van der Waals surface area contributed by atoms with Crippen LogP contribution in [0.2, 0.25) is 0 Å². The number of hydrogen-bond donors (Lipinski definition) is 2. The Hall–Kier alpha value is -1.22. The molecule has 2 heterocycles. The lowest BCUT2D eigenvalue weighted by atomic mass is 10.4. The number of anilines is 1. The number of aromatic nitrogens is 2. The molecule has 19 heavy (non-hydrogen) atoms. The van der Waals surface area contributed by atoms with Crippen LogP contribution in [0, 0.1) is 0 Å². The number of nitrogens with one attached hydrogen (secondary N) is 1. The van der Waals surface area contributed by atoms with Gasteiger partial charge in [0.1, 0.15) is 5.82 Å². The highest BCUT2D eigenvalue weighted by Gasteiger charge is 2.00. The first-order chi connectivity index (χ1) is 8.78. The van der Waals surface area contributed by atoms with Crippen molar-refractivity contribution in [1.82, 2.24) is 9.97 Å². The second-order valence-electron chi connectivity index (χ2n) is 3.63. The van der Waals surface area contributed by atoms with Crippen LogP contribution >= 0.6 is 35.3 Å². The van der Waals surface area contributed by atoms with Gasteiger partial charge in [0.25, 0.3) is 0 Å². The summed E-state index contributed by atoms with van der Waals surface area (Å²) in [6.45, 7) is 2.57. The second kappa shape index (κ2) is 8.05. The summed E-state index contributed by atoms with van der Waals surface area (Å²) in [5, 5.41) is 6.06. The summed E-state index contributed by atoms with van der Waals surface area (Å²) in [6.07, 6.45) is 2.65. The Morgan fingerprint density at radius 1 is 1.47 bits per heavy atom. The van der Waals surface area contributed by atoms with Crippen LogP contribution in [-0.2, 0) is 13.0 Å². The maximum Gasteiger partial charge on any atom is 0.194 e. The number of aryl methyl sites for hydroxylation is 1. The first-order valence-electron chi connectivity index (χ1n) is 5.69. The van der Waals surface area contributed by atoms with Gasteiger partial charge < -0.3 is 11.1 Å². The predicted octanol–water partition coefficient (Wildman–Crippen LogP) is 2.65. The minimum Gasteiger partial charge on any atom is -0.370 e. The van der Waals surface area contributed by atoms with Crippen LogP contribution in [0.25, 0.3) is 0 Å². The normalized spacial score (nSPS) is 10.9. The van der Waals surface area contributed by atoms with E-state index in [-0.39, 0.29) is 24.0 Å². The van der Waals surface area contributed by atoms with Crippen LogP contribution in [0.4, 0.5) is 5.82 Å². The summed E-state index contributed by atoms with van der Waals surface area (Å²) in [7, 11) is 0. The molecule has 0 aromatic carbocycles. The maximum atomic E-state index is 5.77. The SMILES string of the molecule is CCc1nc(CN=C(N)Nc2ccccn2)cs1.I. The molecule has 0 amide bonds. The molecule has 2 aromatic rings. The number of thiazole rings is 1. The average molecular weight is 389 g/mol. The van der Waals surface area contributed by atoms with Gasteiger partial charge in [-0.15, -0.1) is 35.3 Å². The van der Waals surface area contributed by atoms with E-state index in [1.54, 1.807) is 17.5 Å². The van der Waals surface area contributed by atoms with E-state index >= 15 is 0 Å². The molecule has 0 spiro atoms. The molecule has 5 nitrogen and oxygen atoms in total. The number of nitrogens with zero attached hydrogens (tertiary/aromatic N) is 3. The Labute approximate surface area is 133 Å². The maximum absolute atomic E-state index is 5.77. The Balaban J connectivity index is 0.00000180. The van der Waals surface area contributed by atoms with E-state index in [1.165, 1.54) is 0 Å². The summed E-state index contributed by atoms with van der Waals surface area (Å²) < 4.78 is 0. The van der Waals surface area contributed by atoms with E-state index in [1.807, 2.05) is 23.6 Å². The van der Waals surface area contributed by atoms with Gasteiger partial charge in [-0.2, -0.15) is 0 Å². The molecule has 0 saturated carbocycles. The van der Waals surface area contributed by atoms with Gasteiger partial charge in [-0.05, 0) is 18.6 Å². The van der Waals surface area contributed by atoms with Gasteiger partial charge in [0, 0.05) is 11.6 Å². The lowest BCUT2D eigenvalue weighted by Gasteiger charge is -2.03. The number of halogens is 1. The van der Waals surface area contributed by atoms with Crippen LogP contribution in [0.1, 0.15) is 17.6 Å². The van der Waals surface area contributed by atoms with Crippen molar-refractivity contribution in [3.05, 3.63) is 40.5 Å². The van der Waals surface area contributed by atoms with Crippen molar-refractivity contribution in [3.63, 3.8) is 0 Å². The standard InChI is InChI=1S/C12H15N5S.HI/c1-2-11-16-9(8-18-11)7-15-12(13)17-10-5-3-4-6-14-10;/h3-6,8H,2,7H2,1H3,(H3,13,14,15,17);1H. The highest BCUT2D eigenvalue weighted by atomic mass is 127. The second-order valence-corrected chi connectivity index (χ2v) is 4.57. The third-order valence-corrected chi connectivity index (χ3v) is 3.28. The Morgan fingerprint density at radius 2 is 2.32 bits per heavy atom. The first-order valence-corrected chi connectivity index (χ1v) is 6.57. The molecule has 0 unspecified atom stereocenters. The lowest BCUT2D eigenvalue weighted by molar-refractivity contribution is 0.969. The number of aliphatic imine (C=N–C) groups is 1. The van der Waals surface area contributed by atoms with E-state index in [2.05, 4.69) is 27.2 Å². The molecule has 0 saturated heterocycles. The molecular weight excluding hydrogens is 373 g/mol. The molecule has 0 aliphatic rings. The lowest BCUT2D eigenvalue weighted by Crippen LogP contribution is -2.23. The zero-order chi connectivity index (χ0) is 12.8. The van der Waals surface area contributed by atoms with Gasteiger partial charge in [0.15, 0.2) is 5.96 Å². The average Bonchev–Trinajstić information content (AvgIpc) is 2.85. The Kier molecular flexibility index (Phi) is 6.71. The number of pyridine rings is 1. The molecular formula is C12H16IN5S. The summed E-state index contributed by atoms with van der Waals surface area (Å²) in [4.78, 5) is 12.8. The van der Waals surface area contributed by atoms with Crippen LogP contribution in [0.3, 0.4) is 0 Å². The van der Waals surface area contributed by atoms with Gasteiger partial charge in [-0.25, -0.2) is 15.0 Å². The van der Waals surface area contributed by atoms with Crippen molar-refractivity contribution in [2.24, 2.45) is 10.7 Å². The van der Waals surface area contributed by atoms with Crippen molar-refractivity contribution >= 4 is 47.1 Å². The van der Waals surface area contributed by atoms with Crippen LogP contribution < -0.4 is 11.1 Å². The molecule has 0 radical (unpaired) electrons. The summed E-state index contributed by atoms with van der Waals surface area (Å²) in [6, 6.07) is 5.57. The predicted molar refractivity (Wildman–Crippen MR) is 90.1 cm³/mol. The van der Waals surface area contributed by atoms with E-state index in [0.717, 1.165) is 17.1 Å².